The van der Waals surface area contributed by atoms with Gasteiger partial charge >= 0.3 is 27.5 Å². The molecule has 0 heterocycles. The van der Waals surface area contributed by atoms with Crippen molar-refractivity contribution in [2.45, 2.75) is 0 Å². The third-order valence-corrected chi connectivity index (χ3v) is 0. The molecule has 3 nitrogen and oxygen atoms in total. The molecule has 0 saturated carbocycles. The maximum absolute atomic E-state index is 7.23. The van der Waals surface area contributed by atoms with Gasteiger partial charge in [-0.1, -0.05) is 0 Å². The van der Waals surface area contributed by atoms with E-state index in [-0.39, 0.29) is 57.9 Å². The summed E-state index contributed by atoms with van der Waals surface area (Å²) >= 11 is 0. The van der Waals surface area contributed by atoms with Gasteiger partial charge in [-0.25, -0.2) is 0 Å². The van der Waals surface area contributed by atoms with Gasteiger partial charge in [0, 0.05) is 21.7 Å². The van der Waals surface area contributed by atoms with Gasteiger partial charge in [0.25, 0.3) is 0 Å². The summed E-state index contributed by atoms with van der Waals surface area (Å²) in [7, 11) is -2.62. The molecule has 3 N–H and O–H groups in total. The summed E-state index contributed by atoms with van der Waals surface area (Å²) in [6, 6.07) is 0. The number of hydrogen-bond acceptors (Lipinski definition) is 3. The van der Waals surface area contributed by atoms with Gasteiger partial charge in [0.2, 0.25) is 0 Å². The molecule has 38 valence electrons. The molecule has 0 saturated heterocycles. The molecule has 0 radical (unpaired) electrons. The van der Waals surface area contributed by atoms with Crippen molar-refractivity contribution in [2.24, 2.45) is 0 Å². The molecule has 0 aromatic rings. The van der Waals surface area contributed by atoms with Crippen LogP contribution >= 0.6 is 8.60 Å². The van der Waals surface area contributed by atoms with Crippen LogP contribution in [0, 0.1) is 0 Å². The van der Waals surface area contributed by atoms with Crippen LogP contribution in [0.15, 0.2) is 0 Å². The van der Waals surface area contributed by atoms with Crippen LogP contribution in [0.3, 0.4) is 0 Å². The molecule has 0 rings (SSSR count). The van der Waals surface area contributed by atoms with Crippen LogP contribution in [0.25, 0.3) is 0 Å². The minimum absolute atomic E-state index is 0. The Hall–Kier alpha value is 2.15. The fourth-order valence-electron chi connectivity index (χ4n) is 0. The minimum Gasteiger partial charge on any atom is 0 e. The van der Waals surface area contributed by atoms with Crippen LogP contribution in [0.2, 0.25) is 0 Å². The maximum atomic E-state index is 7.23. The average Bonchev–Trinajstić information content (AvgIpc) is 0.811. The molecular weight excluding hydrogens is 161 g/mol. The Kier molecular flexibility index (Phi) is 51.4. The van der Waals surface area contributed by atoms with Crippen molar-refractivity contribution in [3.05, 3.63) is 0 Å². The first-order chi connectivity index (χ1) is 1.73. The van der Waals surface area contributed by atoms with Crippen LogP contribution in [0.1, 0.15) is 0 Å². The van der Waals surface area contributed by atoms with Crippen molar-refractivity contribution in [3.8, 4) is 0 Å². The predicted octanol–water partition coefficient (Wildman–Crippen LogP) is -2.64. The molecule has 0 spiro atoms. The Labute approximate surface area is 80.7 Å². The van der Waals surface area contributed by atoms with E-state index in [1.165, 1.54) is 0 Å². The van der Waals surface area contributed by atoms with Gasteiger partial charge in [-0.05, 0) is 0 Å². The first-order valence-electron chi connectivity index (χ1n) is 0.600. The summed E-state index contributed by atoms with van der Waals surface area (Å²) in [4.78, 5) is 21.7. The molecule has 0 aliphatic rings. The zero-order valence-electron chi connectivity index (χ0n) is 2.29. The molecule has 0 aliphatic heterocycles. The number of hydrogen-bond donors (Lipinski definition) is 3. The van der Waals surface area contributed by atoms with E-state index in [1.807, 2.05) is 0 Å². The molecule has 0 aromatic carbocycles. The van der Waals surface area contributed by atoms with Crippen LogP contribution < -0.4 is 0 Å². The van der Waals surface area contributed by atoms with Crippen LogP contribution in [-0.4, -0.2) is 50.9 Å². The smallest absolute Gasteiger partial charge is 0 e. The molecule has 0 unspecified atom stereocenters. The Bertz CT molecular complexity index is 19.7. The van der Waals surface area contributed by atoms with Crippen LogP contribution in [0.4, 0.5) is 0 Å². The van der Waals surface area contributed by atoms with Crippen molar-refractivity contribution in [1.82, 2.24) is 0 Å². The van der Waals surface area contributed by atoms with Crippen molar-refractivity contribution in [1.29, 1.82) is 0 Å². The summed E-state index contributed by atoms with van der Waals surface area (Å²) in [6.45, 7) is 0. The van der Waals surface area contributed by atoms with Crippen LogP contribution in [0.5, 0.6) is 0 Å². The molecule has 0 aliphatic carbocycles. The summed E-state index contributed by atoms with van der Waals surface area (Å²) in [5.74, 6) is 0. The summed E-state index contributed by atoms with van der Waals surface area (Å²) in [5, 5.41) is 0. The van der Waals surface area contributed by atoms with E-state index in [1.54, 1.807) is 0 Å². The standard InChI is InChI=1S/Al.Li.H3O3P.Ti.4H/c;;1-4(2)3;;;;;/h;;1-3H;;;;;. The topological polar surface area (TPSA) is 60.7 Å². The second-order valence-electron chi connectivity index (χ2n) is 0.268. The largest absolute Gasteiger partial charge is 0 e. The van der Waals surface area contributed by atoms with E-state index < -0.39 is 8.60 Å². The fraction of sp³-hybridized carbons (Fsp3) is 0. The fourth-order valence-corrected chi connectivity index (χ4v) is 0. The molecule has 0 bridgehead atoms. The van der Waals surface area contributed by atoms with E-state index in [9.17, 15) is 0 Å². The van der Waals surface area contributed by atoms with Gasteiger partial charge in [0.15, 0.2) is 17.4 Å². The molecule has 0 aromatic heterocycles. The third kappa shape index (κ3) is 66.6. The van der Waals surface area contributed by atoms with Crippen molar-refractivity contribution >= 4 is 44.8 Å². The van der Waals surface area contributed by atoms with Crippen molar-refractivity contribution in [3.63, 3.8) is 0 Å². The Balaban J connectivity index is -0.0000000150. The average molecular weight is 168 g/mol. The zero-order valence-corrected chi connectivity index (χ0v) is 4.74. The molecule has 0 amide bonds. The third-order valence-electron chi connectivity index (χ3n) is 0. The Morgan fingerprint density at radius 3 is 1.00 bits per heavy atom. The molecule has 7 heavy (non-hydrogen) atoms. The van der Waals surface area contributed by atoms with Gasteiger partial charge in [0.05, 0.1) is 0 Å². The monoisotopic (exact) mass is 168 g/mol. The molecule has 0 fully saturated rings. The quantitative estimate of drug-likeness (QED) is 0.273. The normalized spacial score (nSPS) is 5.14. The van der Waals surface area contributed by atoms with Crippen LogP contribution in [-0.2, 0) is 21.7 Å². The van der Waals surface area contributed by atoms with Gasteiger partial charge < -0.3 is 14.7 Å². The molecule has 7 heteroatoms. The Morgan fingerprint density at radius 2 is 1.00 bits per heavy atom. The Morgan fingerprint density at radius 1 is 1.00 bits per heavy atom. The number of rotatable bonds is 0. The summed E-state index contributed by atoms with van der Waals surface area (Å²) in [5.41, 5.74) is 0. The van der Waals surface area contributed by atoms with E-state index in [4.69, 9.17) is 14.7 Å². The van der Waals surface area contributed by atoms with Gasteiger partial charge in [-0.2, -0.15) is 0 Å². The van der Waals surface area contributed by atoms with Gasteiger partial charge in [-0.15, -0.1) is 0 Å². The predicted molar refractivity (Wildman–Crippen MR) is 30.7 cm³/mol. The van der Waals surface area contributed by atoms with E-state index in [0.717, 1.165) is 0 Å². The second kappa shape index (κ2) is 15.7. The molecular formula is H7AlLiO3PTi. The molecule has 0 atom stereocenters. The zero-order chi connectivity index (χ0) is 3.58. The SMILES string of the molecule is OP(O)O.[AlH3].[LiH].[Ti]. The maximum Gasteiger partial charge on any atom is 0 e. The second-order valence-corrected chi connectivity index (χ2v) is 0.805. The first-order valence-corrected chi connectivity index (χ1v) is 1.80. The van der Waals surface area contributed by atoms with E-state index >= 15 is 0 Å². The van der Waals surface area contributed by atoms with Crippen molar-refractivity contribution in [2.75, 3.05) is 0 Å². The van der Waals surface area contributed by atoms with Crippen molar-refractivity contribution < 1.29 is 36.4 Å². The van der Waals surface area contributed by atoms with E-state index in [0.29, 0.717) is 0 Å². The van der Waals surface area contributed by atoms with Gasteiger partial charge in [0.1, 0.15) is 0 Å². The van der Waals surface area contributed by atoms with E-state index in [2.05, 4.69) is 0 Å². The minimum atomic E-state index is -2.62. The van der Waals surface area contributed by atoms with Gasteiger partial charge in [-0.3, -0.25) is 0 Å². The summed E-state index contributed by atoms with van der Waals surface area (Å²) in [6.07, 6.45) is 0. The first kappa shape index (κ1) is 22.9. The summed E-state index contributed by atoms with van der Waals surface area (Å²) < 4.78 is 0.